The number of carbonyl (C=O) groups is 1. The van der Waals surface area contributed by atoms with Crippen LogP contribution in [0, 0.1) is 0 Å². The Hall–Kier alpha value is -1.59. The smallest absolute Gasteiger partial charge is 0.155 e. The fourth-order valence-electron chi connectivity index (χ4n) is 1.65. The van der Waals surface area contributed by atoms with E-state index in [0.717, 1.165) is 24.3 Å². The van der Waals surface area contributed by atoms with E-state index in [-0.39, 0.29) is 12.4 Å². The van der Waals surface area contributed by atoms with Crippen molar-refractivity contribution < 1.29 is 19.0 Å². The Morgan fingerprint density at radius 1 is 0.880 bits per heavy atom. The number of benzene rings is 1. The van der Waals surface area contributed by atoms with Crippen LogP contribution in [-0.4, -0.2) is 45.9 Å². The molecule has 0 fully saturated rings. The van der Waals surface area contributed by atoms with Crippen LogP contribution in [0.1, 0.15) is 47.5 Å². The number of rotatable bonds is 12. The van der Waals surface area contributed by atoms with Gasteiger partial charge in [-0.25, -0.2) is 0 Å². The molecule has 5 nitrogen and oxygen atoms in total. The molecule has 0 aliphatic rings. The maximum atomic E-state index is 10.6. The number of nitrogens with one attached hydrogen (secondary N) is 1. The second kappa shape index (κ2) is 20.5. The zero-order chi connectivity index (χ0) is 19.3. The summed E-state index contributed by atoms with van der Waals surface area (Å²) in [5.74, 6) is 0.919. The van der Waals surface area contributed by atoms with Gasteiger partial charge in [-0.1, -0.05) is 27.7 Å². The predicted octanol–water partition coefficient (Wildman–Crippen LogP) is 4.56. The second-order valence-corrected chi connectivity index (χ2v) is 4.70. The third-order valence-corrected chi connectivity index (χ3v) is 2.73. The Morgan fingerprint density at radius 2 is 1.40 bits per heavy atom. The van der Waals surface area contributed by atoms with E-state index in [9.17, 15) is 4.79 Å². The van der Waals surface area contributed by atoms with Gasteiger partial charge < -0.3 is 19.5 Å². The third-order valence-electron chi connectivity index (χ3n) is 2.73. The van der Waals surface area contributed by atoms with Gasteiger partial charge >= 0.3 is 0 Å². The van der Waals surface area contributed by atoms with E-state index in [1.807, 2.05) is 59.0 Å². The second-order valence-electron chi connectivity index (χ2n) is 4.70. The maximum Gasteiger partial charge on any atom is 0.155 e. The topological polar surface area (TPSA) is 56.8 Å². The van der Waals surface area contributed by atoms with Gasteiger partial charge in [0.2, 0.25) is 0 Å². The molecule has 146 valence electrons. The lowest BCUT2D eigenvalue weighted by Gasteiger charge is -2.08. The molecular weight excluding hydrogens is 318 g/mol. The van der Waals surface area contributed by atoms with E-state index in [2.05, 4.69) is 5.32 Å². The van der Waals surface area contributed by atoms with Crippen LogP contribution in [0.15, 0.2) is 24.3 Å². The molecule has 0 heterocycles. The lowest BCUT2D eigenvalue weighted by atomic mass is 10.3. The molecule has 0 aromatic heterocycles. The van der Waals surface area contributed by atoms with Gasteiger partial charge in [0.25, 0.3) is 0 Å². The summed E-state index contributed by atoms with van der Waals surface area (Å²) in [4.78, 5) is 10.6. The zero-order valence-corrected chi connectivity index (χ0v) is 16.9. The molecule has 25 heavy (non-hydrogen) atoms. The monoisotopic (exact) mass is 355 g/mol. The van der Waals surface area contributed by atoms with Gasteiger partial charge in [0.1, 0.15) is 12.4 Å². The predicted molar refractivity (Wildman–Crippen MR) is 106 cm³/mol. The van der Waals surface area contributed by atoms with Crippen LogP contribution in [0.4, 0.5) is 5.69 Å². The van der Waals surface area contributed by atoms with Crippen molar-refractivity contribution in [3.8, 4) is 5.75 Å². The first kappa shape index (κ1) is 25.6. The number of hydrogen-bond donors (Lipinski definition) is 1. The molecule has 0 saturated heterocycles. The summed E-state index contributed by atoms with van der Waals surface area (Å²) in [6.45, 7) is 12.2. The molecule has 0 atom stereocenters. The van der Waals surface area contributed by atoms with Crippen LogP contribution in [0.5, 0.6) is 5.75 Å². The van der Waals surface area contributed by atoms with Crippen molar-refractivity contribution in [3.05, 3.63) is 24.3 Å². The molecule has 0 aliphatic carbocycles. The molecule has 1 aromatic rings. The Kier molecular flexibility index (Phi) is 21.0. The van der Waals surface area contributed by atoms with Crippen LogP contribution < -0.4 is 10.1 Å². The van der Waals surface area contributed by atoms with E-state index in [4.69, 9.17) is 14.2 Å². The molecule has 0 unspecified atom stereocenters. The summed E-state index contributed by atoms with van der Waals surface area (Å²) in [6, 6.07) is 7.85. The highest BCUT2D eigenvalue weighted by atomic mass is 16.5. The summed E-state index contributed by atoms with van der Waals surface area (Å²) >= 11 is 0. The van der Waals surface area contributed by atoms with E-state index >= 15 is 0 Å². The van der Waals surface area contributed by atoms with Gasteiger partial charge in [-0.05, 0) is 37.6 Å². The summed E-state index contributed by atoms with van der Waals surface area (Å²) < 4.78 is 16.2. The third kappa shape index (κ3) is 17.0. The van der Waals surface area contributed by atoms with Gasteiger partial charge in [0.15, 0.2) is 5.78 Å². The number of anilines is 1. The largest absolute Gasteiger partial charge is 0.494 e. The Labute approximate surface area is 154 Å². The van der Waals surface area contributed by atoms with Crippen LogP contribution in [0.2, 0.25) is 0 Å². The van der Waals surface area contributed by atoms with E-state index in [1.54, 1.807) is 0 Å². The van der Waals surface area contributed by atoms with Crippen molar-refractivity contribution >= 4 is 11.5 Å². The minimum absolute atomic E-state index is 0.0517. The molecule has 0 bridgehead atoms. The minimum Gasteiger partial charge on any atom is -0.494 e. The van der Waals surface area contributed by atoms with E-state index in [0.29, 0.717) is 26.4 Å². The van der Waals surface area contributed by atoms with Crippen molar-refractivity contribution in [2.24, 2.45) is 0 Å². The van der Waals surface area contributed by atoms with Gasteiger partial charge in [-0.15, -0.1) is 0 Å². The fourth-order valence-corrected chi connectivity index (χ4v) is 1.65. The number of ketones is 1. The van der Waals surface area contributed by atoms with Crippen molar-refractivity contribution in [3.63, 3.8) is 0 Å². The molecular formula is C20H37NO4. The summed E-state index contributed by atoms with van der Waals surface area (Å²) in [5.41, 5.74) is 1.07. The molecule has 0 saturated carbocycles. The van der Waals surface area contributed by atoms with Crippen molar-refractivity contribution in [2.75, 3.05) is 45.4 Å². The van der Waals surface area contributed by atoms with E-state index < -0.39 is 0 Å². The molecule has 0 spiro atoms. The first-order chi connectivity index (χ1) is 12.2. The number of hydrogen-bond acceptors (Lipinski definition) is 5. The van der Waals surface area contributed by atoms with Crippen LogP contribution in [0.3, 0.4) is 0 Å². The van der Waals surface area contributed by atoms with Crippen LogP contribution in [-0.2, 0) is 14.3 Å². The normalized spacial score (nSPS) is 9.20. The number of carbonyl (C=O) groups excluding carboxylic acids is 1. The van der Waals surface area contributed by atoms with Crippen molar-refractivity contribution in [2.45, 2.75) is 47.5 Å². The molecule has 0 aliphatic heterocycles. The Bertz CT molecular complexity index is 393. The standard InChI is InChI=1S/C16H25NO4.2C2H6/c1-14(18)13-20-11-3-9-19-10-4-12-21-16-7-5-15(17-2)6-8-16;2*1-2/h5-8,17H,3-4,9-13H2,1-2H3;2*1-2H3. The molecule has 1 aromatic carbocycles. The SMILES string of the molecule is CC.CC.CNc1ccc(OCCCOCCCOCC(C)=O)cc1. The highest BCUT2D eigenvalue weighted by Gasteiger charge is 1.96. The summed E-state index contributed by atoms with van der Waals surface area (Å²) in [7, 11) is 1.89. The average molecular weight is 356 g/mol. The van der Waals surface area contributed by atoms with Crippen LogP contribution in [0.25, 0.3) is 0 Å². The summed E-state index contributed by atoms with van der Waals surface area (Å²) in [6.07, 6.45) is 1.65. The lowest BCUT2D eigenvalue weighted by Crippen LogP contribution is -2.08. The maximum absolute atomic E-state index is 10.6. The molecule has 1 N–H and O–H groups in total. The molecule has 0 radical (unpaired) electrons. The van der Waals surface area contributed by atoms with Gasteiger partial charge in [-0.2, -0.15) is 0 Å². The molecule has 0 amide bonds. The summed E-state index contributed by atoms with van der Waals surface area (Å²) in [5, 5.41) is 3.06. The zero-order valence-electron chi connectivity index (χ0n) is 16.9. The Balaban J connectivity index is 0. The first-order valence-corrected chi connectivity index (χ1v) is 9.28. The molecule has 1 rings (SSSR count). The van der Waals surface area contributed by atoms with Crippen molar-refractivity contribution in [1.82, 2.24) is 0 Å². The lowest BCUT2D eigenvalue weighted by molar-refractivity contribution is -0.121. The Morgan fingerprint density at radius 3 is 1.92 bits per heavy atom. The van der Waals surface area contributed by atoms with Gasteiger partial charge in [-0.3, -0.25) is 4.79 Å². The fraction of sp³-hybridized carbons (Fsp3) is 0.650. The van der Waals surface area contributed by atoms with E-state index in [1.165, 1.54) is 6.92 Å². The van der Waals surface area contributed by atoms with Crippen LogP contribution >= 0.6 is 0 Å². The van der Waals surface area contributed by atoms with Gasteiger partial charge in [0.05, 0.1) is 6.61 Å². The van der Waals surface area contributed by atoms with Gasteiger partial charge in [0, 0.05) is 39.0 Å². The van der Waals surface area contributed by atoms with Crippen molar-refractivity contribution in [1.29, 1.82) is 0 Å². The quantitative estimate of drug-likeness (QED) is 0.557. The highest BCUT2D eigenvalue weighted by Crippen LogP contribution is 2.15. The highest BCUT2D eigenvalue weighted by molar-refractivity contribution is 5.76. The number of Topliss-reactive ketones (excluding diaryl/α,β-unsaturated/α-hetero) is 1. The first-order valence-electron chi connectivity index (χ1n) is 9.28. The minimum atomic E-state index is 0.0517. The number of ether oxygens (including phenoxy) is 3. The molecule has 5 heteroatoms. The average Bonchev–Trinajstić information content (AvgIpc) is 2.66.